The lowest BCUT2D eigenvalue weighted by atomic mass is 10.0. The SMILES string of the molecule is Cc1ccc2c(-c3ccc4nccnc4c3)c[nH]c2n1. The molecule has 0 spiro atoms. The Kier molecular flexibility index (Phi) is 2.29. The lowest BCUT2D eigenvalue weighted by Gasteiger charge is -2.02. The number of nitrogens with zero attached hydrogens (tertiary/aromatic N) is 3. The Labute approximate surface area is 115 Å². The van der Waals surface area contributed by atoms with Crippen LogP contribution < -0.4 is 0 Å². The number of aryl methyl sites for hydroxylation is 1. The van der Waals surface area contributed by atoms with Crippen LogP contribution in [0.5, 0.6) is 0 Å². The van der Waals surface area contributed by atoms with Gasteiger partial charge in [0.1, 0.15) is 5.65 Å². The third kappa shape index (κ3) is 1.66. The second kappa shape index (κ2) is 4.13. The number of rotatable bonds is 1. The quantitative estimate of drug-likeness (QED) is 0.570. The smallest absolute Gasteiger partial charge is 0.138 e. The fourth-order valence-electron chi connectivity index (χ4n) is 2.47. The monoisotopic (exact) mass is 260 g/mol. The van der Waals surface area contributed by atoms with Crippen LogP contribution in [0.2, 0.25) is 0 Å². The van der Waals surface area contributed by atoms with Gasteiger partial charge in [0.05, 0.1) is 11.0 Å². The van der Waals surface area contributed by atoms with Gasteiger partial charge in [-0.05, 0) is 36.8 Å². The average molecular weight is 260 g/mol. The lowest BCUT2D eigenvalue weighted by Crippen LogP contribution is -1.84. The van der Waals surface area contributed by atoms with E-state index in [1.807, 2.05) is 25.3 Å². The molecule has 0 bridgehead atoms. The first-order valence-corrected chi connectivity index (χ1v) is 6.47. The first-order valence-electron chi connectivity index (χ1n) is 6.47. The van der Waals surface area contributed by atoms with Crippen LogP contribution in [0.15, 0.2) is 48.9 Å². The normalized spacial score (nSPS) is 11.2. The van der Waals surface area contributed by atoms with Crippen molar-refractivity contribution in [2.24, 2.45) is 0 Å². The van der Waals surface area contributed by atoms with E-state index in [4.69, 9.17) is 0 Å². The van der Waals surface area contributed by atoms with E-state index in [1.165, 1.54) is 0 Å². The van der Waals surface area contributed by atoms with Crippen molar-refractivity contribution in [2.75, 3.05) is 0 Å². The molecule has 0 amide bonds. The van der Waals surface area contributed by atoms with Crippen LogP contribution in [0.1, 0.15) is 5.69 Å². The maximum absolute atomic E-state index is 4.50. The highest BCUT2D eigenvalue weighted by atomic mass is 14.8. The van der Waals surface area contributed by atoms with Crippen molar-refractivity contribution in [2.45, 2.75) is 6.92 Å². The highest BCUT2D eigenvalue weighted by Gasteiger charge is 2.08. The number of pyridine rings is 1. The Bertz CT molecular complexity index is 924. The zero-order valence-corrected chi connectivity index (χ0v) is 11.0. The van der Waals surface area contributed by atoms with E-state index in [-0.39, 0.29) is 0 Å². The van der Waals surface area contributed by atoms with Gasteiger partial charge in [-0.15, -0.1) is 0 Å². The van der Waals surface area contributed by atoms with E-state index >= 15 is 0 Å². The van der Waals surface area contributed by atoms with Crippen molar-refractivity contribution < 1.29 is 0 Å². The van der Waals surface area contributed by atoms with E-state index in [0.717, 1.165) is 38.9 Å². The summed E-state index contributed by atoms with van der Waals surface area (Å²) in [6.07, 6.45) is 5.42. The molecule has 4 nitrogen and oxygen atoms in total. The maximum atomic E-state index is 4.50. The largest absolute Gasteiger partial charge is 0.346 e. The molecule has 0 aliphatic carbocycles. The predicted octanol–water partition coefficient (Wildman–Crippen LogP) is 3.48. The summed E-state index contributed by atoms with van der Waals surface area (Å²) in [7, 11) is 0. The molecule has 20 heavy (non-hydrogen) atoms. The number of aromatic amines is 1. The molecule has 0 fully saturated rings. The molecule has 0 saturated carbocycles. The summed E-state index contributed by atoms with van der Waals surface area (Å²) >= 11 is 0. The van der Waals surface area contributed by atoms with Gasteiger partial charge in [0.15, 0.2) is 0 Å². The fourth-order valence-corrected chi connectivity index (χ4v) is 2.47. The van der Waals surface area contributed by atoms with E-state index in [1.54, 1.807) is 12.4 Å². The summed E-state index contributed by atoms with van der Waals surface area (Å²) in [5, 5.41) is 1.12. The van der Waals surface area contributed by atoms with Gasteiger partial charge in [0.2, 0.25) is 0 Å². The molecule has 0 atom stereocenters. The van der Waals surface area contributed by atoms with Gasteiger partial charge in [-0.2, -0.15) is 0 Å². The second-order valence-electron chi connectivity index (χ2n) is 4.81. The summed E-state index contributed by atoms with van der Waals surface area (Å²) in [6, 6.07) is 10.3. The summed E-state index contributed by atoms with van der Waals surface area (Å²) < 4.78 is 0. The minimum Gasteiger partial charge on any atom is -0.346 e. The highest BCUT2D eigenvalue weighted by Crippen LogP contribution is 2.29. The van der Waals surface area contributed by atoms with Crippen LogP contribution in [0.25, 0.3) is 33.2 Å². The van der Waals surface area contributed by atoms with Crippen molar-refractivity contribution in [1.29, 1.82) is 0 Å². The zero-order valence-electron chi connectivity index (χ0n) is 11.0. The molecule has 1 N–H and O–H groups in total. The number of H-pyrrole nitrogens is 1. The Morgan fingerprint density at radius 2 is 1.80 bits per heavy atom. The third-order valence-electron chi connectivity index (χ3n) is 3.46. The van der Waals surface area contributed by atoms with Gasteiger partial charge in [-0.3, -0.25) is 9.97 Å². The van der Waals surface area contributed by atoms with Crippen LogP contribution in [-0.4, -0.2) is 19.9 Å². The molecule has 3 aromatic heterocycles. The minimum atomic E-state index is 0.902. The number of fused-ring (bicyclic) bond motifs is 2. The van der Waals surface area contributed by atoms with Gasteiger partial charge < -0.3 is 4.98 Å². The molecule has 0 aliphatic rings. The molecule has 0 unspecified atom stereocenters. The van der Waals surface area contributed by atoms with Gasteiger partial charge >= 0.3 is 0 Å². The molecule has 1 aromatic carbocycles. The highest BCUT2D eigenvalue weighted by molar-refractivity contribution is 5.95. The standard InChI is InChI=1S/C16H12N4/c1-10-2-4-12-13(9-19-16(12)20-10)11-3-5-14-15(8-11)18-7-6-17-14/h2-9H,1H3,(H,19,20). The Morgan fingerprint density at radius 3 is 2.70 bits per heavy atom. The van der Waals surface area contributed by atoms with E-state index in [2.05, 4.69) is 38.1 Å². The maximum Gasteiger partial charge on any atom is 0.138 e. The summed E-state index contributed by atoms with van der Waals surface area (Å²) in [4.78, 5) is 16.4. The molecule has 4 heteroatoms. The minimum absolute atomic E-state index is 0.902. The van der Waals surface area contributed by atoms with Crippen molar-refractivity contribution in [3.8, 4) is 11.1 Å². The van der Waals surface area contributed by atoms with Crippen molar-refractivity contribution in [1.82, 2.24) is 19.9 Å². The summed E-state index contributed by atoms with van der Waals surface area (Å²) in [5.41, 5.74) is 5.99. The van der Waals surface area contributed by atoms with Crippen LogP contribution in [0.3, 0.4) is 0 Å². The predicted molar refractivity (Wildman–Crippen MR) is 79.4 cm³/mol. The Hall–Kier alpha value is -2.75. The summed E-state index contributed by atoms with van der Waals surface area (Å²) in [5.74, 6) is 0. The average Bonchev–Trinajstić information content (AvgIpc) is 2.89. The molecule has 3 heterocycles. The number of benzene rings is 1. The van der Waals surface area contributed by atoms with Crippen LogP contribution >= 0.6 is 0 Å². The van der Waals surface area contributed by atoms with Crippen LogP contribution in [-0.2, 0) is 0 Å². The number of nitrogens with one attached hydrogen (secondary N) is 1. The zero-order chi connectivity index (χ0) is 13.5. The first kappa shape index (κ1) is 11.1. The van der Waals surface area contributed by atoms with Crippen molar-refractivity contribution in [3.63, 3.8) is 0 Å². The molecular weight excluding hydrogens is 248 g/mol. The molecule has 0 aliphatic heterocycles. The first-order chi connectivity index (χ1) is 9.81. The van der Waals surface area contributed by atoms with Gasteiger partial charge in [-0.1, -0.05) is 6.07 Å². The molecule has 0 radical (unpaired) electrons. The van der Waals surface area contributed by atoms with E-state index in [0.29, 0.717) is 0 Å². The second-order valence-corrected chi connectivity index (χ2v) is 4.81. The van der Waals surface area contributed by atoms with Gasteiger partial charge in [0, 0.05) is 35.2 Å². The van der Waals surface area contributed by atoms with Crippen molar-refractivity contribution >= 4 is 22.1 Å². The molecule has 0 saturated heterocycles. The third-order valence-corrected chi connectivity index (χ3v) is 3.46. The van der Waals surface area contributed by atoms with Gasteiger partial charge in [-0.25, -0.2) is 4.98 Å². The van der Waals surface area contributed by atoms with E-state index < -0.39 is 0 Å². The van der Waals surface area contributed by atoms with E-state index in [9.17, 15) is 0 Å². The number of hydrogen-bond acceptors (Lipinski definition) is 3. The molecular formula is C16H12N4. The number of aromatic nitrogens is 4. The number of hydrogen-bond donors (Lipinski definition) is 1. The van der Waals surface area contributed by atoms with Crippen LogP contribution in [0, 0.1) is 6.92 Å². The topological polar surface area (TPSA) is 54.5 Å². The molecule has 4 rings (SSSR count). The Balaban J connectivity index is 1.96. The lowest BCUT2D eigenvalue weighted by molar-refractivity contribution is 1.22. The summed E-state index contributed by atoms with van der Waals surface area (Å²) in [6.45, 7) is 1.99. The van der Waals surface area contributed by atoms with Crippen molar-refractivity contribution in [3.05, 3.63) is 54.6 Å². The Morgan fingerprint density at radius 1 is 0.950 bits per heavy atom. The molecule has 96 valence electrons. The molecule has 4 aromatic rings. The van der Waals surface area contributed by atoms with Crippen LogP contribution in [0.4, 0.5) is 0 Å². The van der Waals surface area contributed by atoms with Gasteiger partial charge in [0.25, 0.3) is 0 Å². The fraction of sp³-hybridized carbons (Fsp3) is 0.0625.